The summed E-state index contributed by atoms with van der Waals surface area (Å²) in [4.78, 5) is 9.33. The Labute approximate surface area is 130 Å². The maximum atomic E-state index is 5.55. The molecule has 0 aliphatic heterocycles. The normalized spacial score (nSPS) is 13.9. The lowest BCUT2D eigenvalue weighted by Gasteiger charge is -2.13. The van der Waals surface area contributed by atoms with E-state index in [1.807, 2.05) is 30.5 Å². The molecule has 1 fully saturated rings. The van der Waals surface area contributed by atoms with Crippen LogP contribution in [0.2, 0.25) is 0 Å². The van der Waals surface area contributed by atoms with Gasteiger partial charge in [-0.05, 0) is 37.9 Å². The molecule has 1 aromatic heterocycles. The molecule has 0 bridgehead atoms. The molecule has 5 heteroatoms. The molecule has 1 saturated carbocycles. The number of aromatic nitrogens is 2. The minimum Gasteiger partial charge on any atom is -0.496 e. The number of nitrogens with two attached hydrogens (primary N) is 1. The number of methoxy groups -OCH3 is 1. The summed E-state index contributed by atoms with van der Waals surface area (Å²) in [5.74, 6) is 2.08. The van der Waals surface area contributed by atoms with Gasteiger partial charge in [0, 0.05) is 12.5 Å². The van der Waals surface area contributed by atoms with Gasteiger partial charge < -0.3 is 15.8 Å². The van der Waals surface area contributed by atoms with E-state index in [0.29, 0.717) is 12.5 Å². The second kappa shape index (κ2) is 6.75. The molecule has 2 aromatic rings. The first-order valence-corrected chi connectivity index (χ1v) is 7.77. The molecule has 0 spiro atoms. The number of rotatable bonds is 7. The highest BCUT2D eigenvalue weighted by molar-refractivity contribution is 5.65. The Bertz CT molecular complexity index is 640. The van der Waals surface area contributed by atoms with Crippen LogP contribution in [0, 0.1) is 0 Å². The predicted octanol–water partition coefficient (Wildman–Crippen LogP) is 2.79. The third-order valence-corrected chi connectivity index (χ3v) is 3.83. The van der Waals surface area contributed by atoms with Crippen LogP contribution in [0.5, 0.6) is 5.75 Å². The smallest absolute Gasteiger partial charge is 0.163 e. The van der Waals surface area contributed by atoms with Gasteiger partial charge in [0.1, 0.15) is 5.75 Å². The number of nitrogens with zero attached hydrogens (tertiary/aromatic N) is 2. The van der Waals surface area contributed by atoms with Crippen LogP contribution in [-0.4, -0.2) is 30.2 Å². The van der Waals surface area contributed by atoms with Crippen molar-refractivity contribution in [3.05, 3.63) is 36.2 Å². The fraction of sp³-hybridized carbons (Fsp3) is 0.412. The molecule has 116 valence electrons. The molecule has 3 rings (SSSR count). The quantitative estimate of drug-likeness (QED) is 0.769. The van der Waals surface area contributed by atoms with Crippen molar-refractivity contribution >= 4 is 5.69 Å². The first-order valence-electron chi connectivity index (χ1n) is 7.77. The van der Waals surface area contributed by atoms with Gasteiger partial charge in [-0.1, -0.05) is 12.1 Å². The van der Waals surface area contributed by atoms with E-state index in [1.165, 1.54) is 12.8 Å². The predicted molar refractivity (Wildman–Crippen MR) is 88.2 cm³/mol. The average Bonchev–Trinajstić information content (AvgIpc) is 3.40. The molecule has 0 amide bonds. The van der Waals surface area contributed by atoms with Gasteiger partial charge in [-0.2, -0.15) is 0 Å². The van der Waals surface area contributed by atoms with Crippen LogP contribution < -0.4 is 15.8 Å². The molecule has 1 aliphatic carbocycles. The highest BCUT2D eigenvalue weighted by Crippen LogP contribution is 2.43. The second-order valence-electron chi connectivity index (χ2n) is 5.54. The number of anilines is 1. The Balaban J connectivity index is 1.91. The summed E-state index contributed by atoms with van der Waals surface area (Å²) < 4.78 is 5.42. The molecule has 5 nitrogen and oxygen atoms in total. The van der Waals surface area contributed by atoms with E-state index in [0.717, 1.165) is 41.5 Å². The van der Waals surface area contributed by atoms with E-state index in [-0.39, 0.29) is 0 Å². The molecule has 3 N–H and O–H groups in total. The summed E-state index contributed by atoms with van der Waals surface area (Å²) in [5.41, 5.74) is 8.64. The van der Waals surface area contributed by atoms with Crippen molar-refractivity contribution in [3.8, 4) is 17.1 Å². The van der Waals surface area contributed by atoms with Crippen molar-refractivity contribution in [2.45, 2.75) is 25.2 Å². The van der Waals surface area contributed by atoms with Crippen molar-refractivity contribution in [2.24, 2.45) is 5.73 Å². The summed E-state index contributed by atoms with van der Waals surface area (Å²) in [6.07, 6.45) is 5.24. The summed E-state index contributed by atoms with van der Waals surface area (Å²) in [6.45, 7) is 1.54. The van der Waals surface area contributed by atoms with Crippen molar-refractivity contribution in [3.63, 3.8) is 0 Å². The maximum absolute atomic E-state index is 5.55. The Kier molecular flexibility index (Phi) is 4.53. The lowest BCUT2D eigenvalue weighted by Crippen LogP contribution is -2.11. The Morgan fingerprint density at radius 2 is 2.14 bits per heavy atom. The molecule has 0 saturated heterocycles. The van der Waals surface area contributed by atoms with Crippen LogP contribution in [0.25, 0.3) is 11.4 Å². The summed E-state index contributed by atoms with van der Waals surface area (Å²) in [5, 5.41) is 3.41. The number of hydrogen-bond acceptors (Lipinski definition) is 5. The molecule has 1 aliphatic rings. The van der Waals surface area contributed by atoms with E-state index in [2.05, 4.69) is 10.3 Å². The third-order valence-electron chi connectivity index (χ3n) is 3.83. The molecule has 1 heterocycles. The van der Waals surface area contributed by atoms with Gasteiger partial charge in [0.2, 0.25) is 0 Å². The van der Waals surface area contributed by atoms with Gasteiger partial charge in [-0.15, -0.1) is 0 Å². The van der Waals surface area contributed by atoms with E-state index in [9.17, 15) is 0 Å². The van der Waals surface area contributed by atoms with E-state index < -0.39 is 0 Å². The van der Waals surface area contributed by atoms with Crippen LogP contribution in [0.4, 0.5) is 5.69 Å². The summed E-state index contributed by atoms with van der Waals surface area (Å²) in [7, 11) is 1.67. The highest BCUT2D eigenvalue weighted by Gasteiger charge is 2.28. The number of ether oxygens (including phenoxy) is 1. The fourth-order valence-corrected chi connectivity index (χ4v) is 2.48. The fourth-order valence-electron chi connectivity index (χ4n) is 2.48. The lowest BCUT2D eigenvalue weighted by atomic mass is 10.1. The lowest BCUT2D eigenvalue weighted by molar-refractivity contribution is 0.416. The number of nitrogens with one attached hydrogen (secondary N) is 1. The van der Waals surface area contributed by atoms with Gasteiger partial charge in [-0.3, -0.25) is 0 Å². The molecule has 0 radical (unpaired) electrons. The van der Waals surface area contributed by atoms with Gasteiger partial charge >= 0.3 is 0 Å². The average molecular weight is 298 g/mol. The SMILES string of the molecule is COc1ccccc1-c1ncc(NCCCN)c(C2CC2)n1. The van der Waals surface area contributed by atoms with Gasteiger partial charge in [-0.25, -0.2) is 9.97 Å². The van der Waals surface area contributed by atoms with E-state index >= 15 is 0 Å². The largest absolute Gasteiger partial charge is 0.496 e. The first kappa shape index (κ1) is 14.8. The van der Waals surface area contributed by atoms with Crippen LogP contribution >= 0.6 is 0 Å². The third kappa shape index (κ3) is 3.20. The minimum absolute atomic E-state index is 0.553. The zero-order valence-corrected chi connectivity index (χ0v) is 12.9. The van der Waals surface area contributed by atoms with Crippen molar-refractivity contribution in [2.75, 3.05) is 25.5 Å². The molecule has 22 heavy (non-hydrogen) atoms. The minimum atomic E-state index is 0.553. The van der Waals surface area contributed by atoms with E-state index in [4.69, 9.17) is 15.5 Å². The van der Waals surface area contributed by atoms with Crippen LogP contribution in [0.1, 0.15) is 30.9 Å². The standard InChI is InChI=1S/C17H22N4O/c1-22-15-6-3-2-5-13(15)17-20-11-14(19-10-4-9-18)16(21-17)12-7-8-12/h2-3,5-6,11-12,19H,4,7-10,18H2,1H3. The van der Waals surface area contributed by atoms with E-state index in [1.54, 1.807) is 7.11 Å². The zero-order valence-electron chi connectivity index (χ0n) is 12.9. The van der Waals surface area contributed by atoms with Gasteiger partial charge in [0.05, 0.1) is 30.3 Å². The molecule has 0 unspecified atom stereocenters. The second-order valence-corrected chi connectivity index (χ2v) is 5.54. The number of benzene rings is 1. The Morgan fingerprint density at radius 1 is 1.32 bits per heavy atom. The summed E-state index contributed by atoms with van der Waals surface area (Å²) >= 11 is 0. The molecular formula is C17H22N4O. The van der Waals surface area contributed by atoms with Gasteiger partial charge in [0.25, 0.3) is 0 Å². The number of hydrogen-bond donors (Lipinski definition) is 2. The van der Waals surface area contributed by atoms with Crippen LogP contribution in [-0.2, 0) is 0 Å². The van der Waals surface area contributed by atoms with Gasteiger partial charge in [0.15, 0.2) is 5.82 Å². The highest BCUT2D eigenvalue weighted by atomic mass is 16.5. The Hall–Kier alpha value is -2.14. The molecular weight excluding hydrogens is 276 g/mol. The van der Waals surface area contributed by atoms with Crippen molar-refractivity contribution in [1.29, 1.82) is 0 Å². The molecule has 0 atom stereocenters. The first-order chi connectivity index (χ1) is 10.8. The van der Waals surface area contributed by atoms with Crippen LogP contribution in [0.3, 0.4) is 0 Å². The monoisotopic (exact) mass is 298 g/mol. The summed E-state index contributed by atoms with van der Waals surface area (Å²) in [6, 6.07) is 7.85. The van der Waals surface area contributed by atoms with Crippen molar-refractivity contribution < 1.29 is 4.74 Å². The topological polar surface area (TPSA) is 73.1 Å². The van der Waals surface area contributed by atoms with Crippen molar-refractivity contribution in [1.82, 2.24) is 9.97 Å². The Morgan fingerprint density at radius 3 is 2.86 bits per heavy atom. The zero-order chi connectivity index (χ0) is 15.4. The molecule has 1 aromatic carbocycles. The van der Waals surface area contributed by atoms with Crippen LogP contribution in [0.15, 0.2) is 30.5 Å². The maximum Gasteiger partial charge on any atom is 0.163 e. The number of para-hydroxylation sites is 1.